The van der Waals surface area contributed by atoms with Crippen molar-refractivity contribution in [1.82, 2.24) is 20.1 Å². The number of pyridine rings is 1. The Balaban J connectivity index is 2.14. The first-order valence-electron chi connectivity index (χ1n) is 8.03. The van der Waals surface area contributed by atoms with Gasteiger partial charge in [0.25, 0.3) is 5.91 Å². The highest BCUT2D eigenvalue weighted by Gasteiger charge is 2.19. The van der Waals surface area contributed by atoms with Crippen LogP contribution in [0.1, 0.15) is 43.2 Å². The molecule has 0 bridgehead atoms. The Labute approximate surface area is 136 Å². The summed E-state index contributed by atoms with van der Waals surface area (Å²) in [5, 5.41) is 17.1. The molecule has 2 unspecified atom stereocenters. The van der Waals surface area contributed by atoms with Gasteiger partial charge in [0.2, 0.25) is 0 Å². The normalized spacial score (nSPS) is 13.6. The Bertz CT molecular complexity index is 639. The van der Waals surface area contributed by atoms with Crippen molar-refractivity contribution in [3.8, 4) is 5.82 Å². The number of hydrogen-bond donors (Lipinski definition) is 2. The van der Waals surface area contributed by atoms with Crippen molar-refractivity contribution in [2.45, 2.75) is 39.7 Å². The molecule has 0 spiro atoms. The Morgan fingerprint density at radius 3 is 2.78 bits per heavy atom. The smallest absolute Gasteiger partial charge is 0.254 e. The maximum atomic E-state index is 12.4. The van der Waals surface area contributed by atoms with Crippen LogP contribution >= 0.6 is 0 Å². The van der Waals surface area contributed by atoms with Gasteiger partial charge >= 0.3 is 0 Å². The molecule has 6 nitrogen and oxygen atoms in total. The molecule has 2 aromatic heterocycles. The maximum absolute atomic E-state index is 12.4. The lowest BCUT2D eigenvalue weighted by atomic mass is 10.0. The van der Waals surface area contributed by atoms with Gasteiger partial charge in [-0.2, -0.15) is 5.10 Å². The summed E-state index contributed by atoms with van der Waals surface area (Å²) in [5.74, 6) is 0.617. The van der Waals surface area contributed by atoms with Gasteiger partial charge in [0.1, 0.15) is 0 Å². The van der Waals surface area contributed by atoms with Crippen LogP contribution in [0.25, 0.3) is 5.82 Å². The largest absolute Gasteiger partial charge is 0.391 e. The molecular formula is C17H24N4O2. The molecular weight excluding hydrogens is 292 g/mol. The first-order chi connectivity index (χ1) is 11.1. The zero-order valence-corrected chi connectivity index (χ0v) is 13.9. The topological polar surface area (TPSA) is 80.0 Å². The predicted octanol–water partition coefficient (Wildman–Crippen LogP) is 1.97. The Morgan fingerprint density at radius 2 is 2.17 bits per heavy atom. The van der Waals surface area contributed by atoms with Crippen LogP contribution in [0.2, 0.25) is 0 Å². The van der Waals surface area contributed by atoms with Gasteiger partial charge in [-0.1, -0.05) is 33.3 Å². The first-order valence-corrected chi connectivity index (χ1v) is 8.03. The molecule has 6 heteroatoms. The van der Waals surface area contributed by atoms with Crippen LogP contribution in [-0.4, -0.2) is 38.4 Å². The lowest BCUT2D eigenvalue weighted by Crippen LogP contribution is -2.35. The minimum atomic E-state index is -0.542. The minimum absolute atomic E-state index is 0.150. The number of aliphatic hydroxyl groups excluding tert-OH is 1. The fourth-order valence-corrected chi connectivity index (χ4v) is 2.35. The van der Waals surface area contributed by atoms with Crippen LogP contribution in [-0.2, 0) is 6.42 Å². The highest BCUT2D eigenvalue weighted by Crippen LogP contribution is 2.14. The van der Waals surface area contributed by atoms with E-state index in [0.717, 1.165) is 12.1 Å². The molecule has 0 aliphatic carbocycles. The summed E-state index contributed by atoms with van der Waals surface area (Å²) in [4.78, 5) is 16.7. The second-order valence-electron chi connectivity index (χ2n) is 5.62. The van der Waals surface area contributed by atoms with E-state index in [2.05, 4.69) is 15.4 Å². The molecule has 0 saturated carbocycles. The van der Waals surface area contributed by atoms with E-state index in [1.807, 2.05) is 39.0 Å². The van der Waals surface area contributed by atoms with E-state index < -0.39 is 6.10 Å². The number of carbonyl (C=O) groups is 1. The quantitative estimate of drug-likeness (QED) is 0.818. The van der Waals surface area contributed by atoms with Gasteiger partial charge in [0, 0.05) is 12.7 Å². The average Bonchev–Trinajstić information content (AvgIpc) is 3.03. The van der Waals surface area contributed by atoms with Crippen molar-refractivity contribution >= 4 is 5.91 Å². The number of amides is 1. The molecule has 0 saturated heterocycles. The third kappa shape index (κ3) is 3.96. The van der Waals surface area contributed by atoms with Crippen molar-refractivity contribution in [3.63, 3.8) is 0 Å². The molecule has 0 aromatic carbocycles. The van der Waals surface area contributed by atoms with Crippen molar-refractivity contribution in [2.24, 2.45) is 5.92 Å². The van der Waals surface area contributed by atoms with Crippen LogP contribution in [0.3, 0.4) is 0 Å². The lowest BCUT2D eigenvalue weighted by molar-refractivity contribution is 0.0849. The molecule has 2 rings (SSSR count). The molecule has 0 aliphatic heterocycles. The predicted molar refractivity (Wildman–Crippen MR) is 88.5 cm³/mol. The molecule has 2 aromatic rings. The Hall–Kier alpha value is -2.21. The Kier molecular flexibility index (Phi) is 5.87. The van der Waals surface area contributed by atoms with Gasteiger partial charge in [0.05, 0.1) is 23.6 Å². The molecule has 2 heterocycles. The van der Waals surface area contributed by atoms with Crippen LogP contribution in [0.5, 0.6) is 0 Å². The van der Waals surface area contributed by atoms with Crippen molar-refractivity contribution in [1.29, 1.82) is 0 Å². The lowest BCUT2D eigenvalue weighted by Gasteiger charge is -2.17. The fraction of sp³-hybridized carbons (Fsp3) is 0.471. The molecule has 0 radical (unpaired) electrons. The zero-order valence-electron chi connectivity index (χ0n) is 13.9. The number of aliphatic hydroxyl groups is 1. The van der Waals surface area contributed by atoms with E-state index in [9.17, 15) is 9.90 Å². The molecule has 23 heavy (non-hydrogen) atoms. The van der Waals surface area contributed by atoms with Gasteiger partial charge in [-0.25, -0.2) is 9.67 Å². The van der Waals surface area contributed by atoms with E-state index in [1.165, 1.54) is 0 Å². The second-order valence-corrected chi connectivity index (χ2v) is 5.62. The number of hydrogen-bond acceptors (Lipinski definition) is 4. The highest BCUT2D eigenvalue weighted by atomic mass is 16.3. The number of nitrogens with zero attached hydrogens (tertiary/aromatic N) is 3. The summed E-state index contributed by atoms with van der Waals surface area (Å²) in [6.45, 7) is 6.20. The maximum Gasteiger partial charge on any atom is 0.254 e. The van der Waals surface area contributed by atoms with Gasteiger partial charge in [0.15, 0.2) is 5.82 Å². The van der Waals surface area contributed by atoms with Crippen molar-refractivity contribution in [2.75, 3.05) is 6.54 Å². The third-order valence-corrected chi connectivity index (χ3v) is 4.09. The molecule has 2 atom stereocenters. The molecule has 124 valence electrons. The fourth-order valence-electron chi connectivity index (χ4n) is 2.35. The third-order valence-electron chi connectivity index (χ3n) is 4.09. The average molecular weight is 316 g/mol. The SMILES string of the molecule is CCc1c(C(=O)NCC(O)C(C)CC)cnn1-c1ccccn1. The van der Waals surface area contributed by atoms with Gasteiger partial charge in [-0.15, -0.1) is 0 Å². The molecule has 0 fully saturated rings. The summed E-state index contributed by atoms with van der Waals surface area (Å²) in [6.07, 6.45) is 4.24. The van der Waals surface area contributed by atoms with Gasteiger partial charge in [-0.3, -0.25) is 4.79 Å². The monoisotopic (exact) mass is 316 g/mol. The van der Waals surface area contributed by atoms with Crippen LogP contribution in [0.4, 0.5) is 0 Å². The number of rotatable bonds is 7. The number of nitrogens with one attached hydrogen (secondary N) is 1. The summed E-state index contributed by atoms with van der Waals surface area (Å²) < 4.78 is 1.68. The van der Waals surface area contributed by atoms with Gasteiger partial charge < -0.3 is 10.4 Å². The standard InChI is InChI=1S/C17H24N4O2/c1-4-12(3)15(22)11-19-17(23)13-10-20-21(14(13)5-2)16-8-6-7-9-18-16/h6-10,12,15,22H,4-5,11H2,1-3H3,(H,19,23). The summed E-state index contributed by atoms with van der Waals surface area (Å²) in [6, 6.07) is 5.56. The number of aromatic nitrogens is 3. The number of carbonyl (C=O) groups excluding carboxylic acids is 1. The van der Waals surface area contributed by atoms with Gasteiger partial charge in [-0.05, 0) is 24.5 Å². The van der Waals surface area contributed by atoms with Crippen molar-refractivity contribution in [3.05, 3.63) is 41.9 Å². The summed E-state index contributed by atoms with van der Waals surface area (Å²) in [5.41, 5.74) is 1.33. The highest BCUT2D eigenvalue weighted by molar-refractivity contribution is 5.95. The zero-order chi connectivity index (χ0) is 16.8. The van der Waals surface area contributed by atoms with Crippen LogP contribution in [0.15, 0.2) is 30.6 Å². The summed E-state index contributed by atoms with van der Waals surface area (Å²) >= 11 is 0. The van der Waals surface area contributed by atoms with E-state index in [0.29, 0.717) is 17.8 Å². The van der Waals surface area contributed by atoms with E-state index in [-0.39, 0.29) is 18.4 Å². The van der Waals surface area contributed by atoms with Crippen LogP contribution < -0.4 is 5.32 Å². The Morgan fingerprint density at radius 1 is 1.39 bits per heavy atom. The molecule has 1 amide bonds. The summed E-state index contributed by atoms with van der Waals surface area (Å²) in [7, 11) is 0. The first kappa shape index (κ1) is 17.1. The van der Waals surface area contributed by atoms with Crippen molar-refractivity contribution < 1.29 is 9.90 Å². The van der Waals surface area contributed by atoms with E-state index in [1.54, 1.807) is 17.1 Å². The second kappa shape index (κ2) is 7.87. The van der Waals surface area contributed by atoms with E-state index in [4.69, 9.17) is 0 Å². The minimum Gasteiger partial charge on any atom is -0.391 e. The molecule has 2 N–H and O–H groups in total. The van der Waals surface area contributed by atoms with E-state index >= 15 is 0 Å². The molecule has 0 aliphatic rings. The van der Waals surface area contributed by atoms with Crippen LogP contribution in [0, 0.1) is 5.92 Å².